The van der Waals surface area contributed by atoms with Crippen molar-refractivity contribution >= 4 is 23.5 Å². The molecule has 1 atom stereocenters. The topological polar surface area (TPSA) is 87.3 Å². The molecule has 0 aliphatic carbocycles. The third kappa shape index (κ3) is 2.41. The van der Waals surface area contributed by atoms with Crippen molar-refractivity contribution in [1.29, 1.82) is 0 Å². The molecular weight excluding hydrogens is 222 g/mol. The molecular formula is C11H11N3O3. The molecule has 0 saturated carbocycles. The van der Waals surface area contributed by atoms with Gasteiger partial charge in [-0.15, -0.1) is 0 Å². The Morgan fingerprint density at radius 1 is 1.24 bits per heavy atom. The zero-order valence-corrected chi connectivity index (χ0v) is 9.11. The largest absolute Gasteiger partial charge is 0.326 e. The Hall–Kier alpha value is -2.37. The van der Waals surface area contributed by atoms with Crippen molar-refractivity contribution in [2.24, 2.45) is 0 Å². The Labute approximate surface area is 97.4 Å². The lowest BCUT2D eigenvalue weighted by molar-refractivity contribution is -0.120. The monoisotopic (exact) mass is 233 g/mol. The van der Waals surface area contributed by atoms with Gasteiger partial charge >= 0.3 is 6.03 Å². The Bertz CT molecular complexity index is 481. The molecule has 1 aromatic carbocycles. The van der Waals surface area contributed by atoms with E-state index in [1.165, 1.54) is 6.92 Å². The summed E-state index contributed by atoms with van der Waals surface area (Å²) in [7, 11) is 0. The average molecular weight is 233 g/mol. The van der Waals surface area contributed by atoms with Gasteiger partial charge in [0.1, 0.15) is 6.04 Å². The van der Waals surface area contributed by atoms with E-state index in [-0.39, 0.29) is 11.8 Å². The van der Waals surface area contributed by atoms with E-state index in [2.05, 4.69) is 16.0 Å². The number of rotatable bonds is 2. The molecule has 3 N–H and O–H groups in total. The number of urea groups is 1. The van der Waals surface area contributed by atoms with E-state index in [1.54, 1.807) is 24.3 Å². The molecule has 1 heterocycles. The normalized spacial score (nSPS) is 18.5. The molecule has 1 aromatic rings. The van der Waals surface area contributed by atoms with Crippen LogP contribution in [0.4, 0.5) is 10.5 Å². The summed E-state index contributed by atoms with van der Waals surface area (Å²) < 4.78 is 0. The molecule has 0 unspecified atom stereocenters. The summed E-state index contributed by atoms with van der Waals surface area (Å²) in [5.41, 5.74) is 1.31. The number of benzene rings is 1. The molecule has 4 amide bonds. The van der Waals surface area contributed by atoms with Gasteiger partial charge in [0, 0.05) is 12.6 Å². The highest BCUT2D eigenvalue weighted by atomic mass is 16.2. The number of carbonyl (C=O) groups is 3. The summed E-state index contributed by atoms with van der Waals surface area (Å²) in [5.74, 6) is -0.535. The Morgan fingerprint density at radius 3 is 2.35 bits per heavy atom. The molecule has 0 spiro atoms. The SMILES string of the molecule is CC(=O)Nc1ccc([C@H]2NC(=O)NC2=O)cc1. The highest BCUT2D eigenvalue weighted by molar-refractivity contribution is 6.04. The first-order valence-corrected chi connectivity index (χ1v) is 5.05. The van der Waals surface area contributed by atoms with Crippen LogP contribution in [-0.4, -0.2) is 17.8 Å². The lowest BCUT2D eigenvalue weighted by Crippen LogP contribution is -2.22. The standard InChI is InChI=1S/C11H11N3O3/c1-6(15)12-8-4-2-7(3-5-8)9-10(16)14-11(17)13-9/h2-5,9H,1H3,(H,12,15)(H2,13,14,16,17)/t9-/m1/s1. The maximum atomic E-state index is 11.4. The number of hydrogen-bond acceptors (Lipinski definition) is 3. The van der Waals surface area contributed by atoms with Gasteiger partial charge < -0.3 is 10.6 Å². The van der Waals surface area contributed by atoms with Crippen LogP contribution in [0.5, 0.6) is 0 Å². The summed E-state index contributed by atoms with van der Waals surface area (Å²) in [6, 6.07) is 5.56. The Kier molecular flexibility index (Phi) is 2.78. The van der Waals surface area contributed by atoms with Gasteiger partial charge in [0.05, 0.1) is 0 Å². The van der Waals surface area contributed by atoms with Crippen LogP contribution in [0.3, 0.4) is 0 Å². The Morgan fingerprint density at radius 2 is 1.88 bits per heavy atom. The van der Waals surface area contributed by atoms with Gasteiger partial charge in [-0.05, 0) is 17.7 Å². The van der Waals surface area contributed by atoms with Crippen LogP contribution < -0.4 is 16.0 Å². The van der Waals surface area contributed by atoms with Crippen molar-refractivity contribution in [2.75, 3.05) is 5.32 Å². The van der Waals surface area contributed by atoms with E-state index in [1.807, 2.05) is 0 Å². The van der Waals surface area contributed by atoms with E-state index in [0.717, 1.165) is 0 Å². The number of carbonyl (C=O) groups excluding carboxylic acids is 3. The first-order chi connectivity index (χ1) is 8.06. The van der Waals surface area contributed by atoms with Gasteiger partial charge in [0.25, 0.3) is 5.91 Å². The third-order valence-electron chi connectivity index (χ3n) is 2.34. The molecule has 1 aliphatic heterocycles. The minimum atomic E-state index is -0.658. The van der Waals surface area contributed by atoms with E-state index >= 15 is 0 Å². The second-order valence-corrected chi connectivity index (χ2v) is 3.70. The zero-order chi connectivity index (χ0) is 12.4. The van der Waals surface area contributed by atoms with E-state index in [4.69, 9.17) is 0 Å². The highest BCUT2D eigenvalue weighted by Crippen LogP contribution is 2.18. The number of anilines is 1. The second kappa shape index (κ2) is 4.25. The molecule has 6 heteroatoms. The highest BCUT2D eigenvalue weighted by Gasteiger charge is 2.30. The summed E-state index contributed by atoms with van der Waals surface area (Å²) in [5, 5.41) is 7.26. The van der Waals surface area contributed by atoms with Gasteiger partial charge in [-0.1, -0.05) is 12.1 Å². The molecule has 2 rings (SSSR count). The van der Waals surface area contributed by atoms with Crippen molar-refractivity contribution in [3.8, 4) is 0 Å². The molecule has 88 valence electrons. The van der Waals surface area contributed by atoms with Crippen LogP contribution in [-0.2, 0) is 9.59 Å². The summed E-state index contributed by atoms with van der Waals surface area (Å²) in [6.07, 6.45) is 0. The summed E-state index contributed by atoms with van der Waals surface area (Å²) >= 11 is 0. The first kappa shape index (κ1) is 11.1. The predicted octanol–water partition coefficient (Wildman–Crippen LogP) is 0.525. The lowest BCUT2D eigenvalue weighted by Gasteiger charge is -2.08. The smallest absolute Gasteiger partial charge is 0.322 e. The number of nitrogens with one attached hydrogen (secondary N) is 3. The first-order valence-electron chi connectivity index (χ1n) is 5.05. The van der Waals surface area contributed by atoms with Crippen molar-refractivity contribution in [3.05, 3.63) is 29.8 Å². The summed E-state index contributed by atoms with van der Waals surface area (Å²) in [6.45, 7) is 1.42. The predicted molar refractivity (Wildman–Crippen MR) is 60.2 cm³/mol. The van der Waals surface area contributed by atoms with Crippen molar-refractivity contribution in [3.63, 3.8) is 0 Å². The lowest BCUT2D eigenvalue weighted by atomic mass is 10.1. The maximum Gasteiger partial charge on any atom is 0.322 e. The van der Waals surface area contributed by atoms with Gasteiger partial charge in [0.2, 0.25) is 5.91 Å². The van der Waals surface area contributed by atoms with Gasteiger partial charge in [-0.25, -0.2) is 4.79 Å². The summed E-state index contributed by atoms with van der Waals surface area (Å²) in [4.78, 5) is 33.2. The van der Waals surface area contributed by atoms with Crippen LogP contribution in [0.25, 0.3) is 0 Å². The van der Waals surface area contributed by atoms with Crippen LogP contribution in [0.15, 0.2) is 24.3 Å². The van der Waals surface area contributed by atoms with Crippen molar-refractivity contribution < 1.29 is 14.4 Å². The van der Waals surface area contributed by atoms with Crippen LogP contribution in [0.2, 0.25) is 0 Å². The average Bonchev–Trinajstić information content (AvgIpc) is 2.58. The number of imide groups is 1. The van der Waals surface area contributed by atoms with Crippen LogP contribution in [0, 0.1) is 0 Å². The van der Waals surface area contributed by atoms with Gasteiger partial charge in [0.15, 0.2) is 0 Å². The number of hydrogen-bond donors (Lipinski definition) is 3. The fraction of sp³-hybridized carbons (Fsp3) is 0.182. The molecule has 0 aromatic heterocycles. The minimum absolute atomic E-state index is 0.162. The molecule has 0 radical (unpaired) electrons. The molecule has 1 fully saturated rings. The molecule has 1 saturated heterocycles. The molecule has 17 heavy (non-hydrogen) atoms. The quantitative estimate of drug-likeness (QED) is 0.651. The van der Waals surface area contributed by atoms with Gasteiger partial charge in [-0.3, -0.25) is 14.9 Å². The van der Waals surface area contributed by atoms with E-state index in [0.29, 0.717) is 11.3 Å². The van der Waals surface area contributed by atoms with Gasteiger partial charge in [-0.2, -0.15) is 0 Å². The second-order valence-electron chi connectivity index (χ2n) is 3.70. The molecule has 0 bridgehead atoms. The van der Waals surface area contributed by atoms with E-state index < -0.39 is 12.1 Å². The molecule has 6 nitrogen and oxygen atoms in total. The fourth-order valence-corrected chi connectivity index (χ4v) is 1.61. The van der Waals surface area contributed by atoms with Crippen molar-refractivity contribution in [2.45, 2.75) is 13.0 Å². The van der Waals surface area contributed by atoms with Crippen LogP contribution >= 0.6 is 0 Å². The third-order valence-corrected chi connectivity index (χ3v) is 2.34. The Balaban J connectivity index is 2.15. The molecule has 1 aliphatic rings. The fourth-order valence-electron chi connectivity index (χ4n) is 1.61. The maximum absolute atomic E-state index is 11.4. The zero-order valence-electron chi connectivity index (χ0n) is 9.11. The van der Waals surface area contributed by atoms with E-state index in [9.17, 15) is 14.4 Å². The van der Waals surface area contributed by atoms with Crippen LogP contribution in [0.1, 0.15) is 18.5 Å². The van der Waals surface area contributed by atoms with Crippen molar-refractivity contribution in [1.82, 2.24) is 10.6 Å². The number of amides is 4. The minimum Gasteiger partial charge on any atom is -0.326 e.